The summed E-state index contributed by atoms with van der Waals surface area (Å²) < 4.78 is 0.927. The lowest BCUT2D eigenvalue weighted by molar-refractivity contribution is 0.0698. The van der Waals surface area contributed by atoms with Gasteiger partial charge in [-0.05, 0) is 36.4 Å². The van der Waals surface area contributed by atoms with E-state index < -0.39 is 5.97 Å². The molecule has 0 saturated heterocycles. The number of benzene rings is 2. The van der Waals surface area contributed by atoms with Crippen molar-refractivity contribution in [2.24, 2.45) is 0 Å². The summed E-state index contributed by atoms with van der Waals surface area (Å²) in [6, 6.07) is 10.0. The number of anilines is 2. The van der Waals surface area contributed by atoms with Gasteiger partial charge in [0, 0.05) is 10.0 Å². The molecule has 1 aromatic heterocycles. The average molecular weight is 339 g/mol. The number of aromatic nitrogens is 1. The Labute approximate surface area is 134 Å². The number of thiazole rings is 1. The lowest BCUT2D eigenvalue weighted by Gasteiger charge is -2.06. The van der Waals surface area contributed by atoms with Crippen LogP contribution < -0.4 is 5.32 Å². The smallest absolute Gasteiger partial charge is 0.337 e. The van der Waals surface area contributed by atoms with E-state index in [1.165, 1.54) is 17.4 Å². The molecule has 0 aliphatic rings. The number of nitrogens with one attached hydrogen (secondary N) is 1. The Balaban J connectivity index is 2.00. The highest BCUT2D eigenvalue weighted by molar-refractivity contribution is 7.22. The van der Waals surface area contributed by atoms with Gasteiger partial charge >= 0.3 is 5.97 Å². The molecule has 2 N–H and O–H groups in total. The predicted molar refractivity (Wildman–Crippen MR) is 86.3 cm³/mol. The van der Waals surface area contributed by atoms with E-state index in [1.807, 2.05) is 12.1 Å². The number of carboxylic acid groups (broad SMARTS) is 1. The Morgan fingerprint density at radius 2 is 1.86 bits per heavy atom. The van der Waals surface area contributed by atoms with Crippen LogP contribution in [0.2, 0.25) is 10.0 Å². The maximum atomic E-state index is 11.2. The molecule has 21 heavy (non-hydrogen) atoms. The van der Waals surface area contributed by atoms with Crippen LogP contribution in [-0.2, 0) is 0 Å². The highest BCUT2D eigenvalue weighted by Gasteiger charge is 2.13. The van der Waals surface area contributed by atoms with Crippen LogP contribution in [0.15, 0.2) is 36.4 Å². The molecule has 0 saturated carbocycles. The fraction of sp³-hybridized carbons (Fsp3) is 0. The molecule has 0 unspecified atom stereocenters. The zero-order valence-corrected chi connectivity index (χ0v) is 12.8. The fourth-order valence-corrected chi connectivity index (χ4v) is 3.20. The number of rotatable bonds is 3. The van der Waals surface area contributed by atoms with Crippen molar-refractivity contribution < 1.29 is 9.90 Å². The lowest BCUT2D eigenvalue weighted by Crippen LogP contribution is -2.02. The number of nitrogens with zero attached hydrogens (tertiary/aromatic N) is 1. The van der Waals surface area contributed by atoms with Gasteiger partial charge < -0.3 is 10.4 Å². The summed E-state index contributed by atoms with van der Waals surface area (Å²) >= 11 is 13.2. The van der Waals surface area contributed by atoms with Crippen molar-refractivity contribution in [3.05, 3.63) is 52.0 Å². The second-order valence-electron chi connectivity index (χ2n) is 4.25. The van der Waals surface area contributed by atoms with Gasteiger partial charge in [0.25, 0.3) is 0 Å². The molecule has 7 heteroatoms. The summed E-state index contributed by atoms with van der Waals surface area (Å²) in [6.07, 6.45) is 0. The minimum atomic E-state index is -1.05. The zero-order chi connectivity index (χ0) is 15.0. The minimum Gasteiger partial charge on any atom is -0.478 e. The van der Waals surface area contributed by atoms with Crippen LogP contribution in [0.1, 0.15) is 10.4 Å². The largest absolute Gasteiger partial charge is 0.478 e. The first kappa shape index (κ1) is 14.1. The topological polar surface area (TPSA) is 62.2 Å². The van der Waals surface area contributed by atoms with Crippen molar-refractivity contribution in [3.8, 4) is 0 Å². The number of halogens is 2. The standard InChI is InChI=1S/C14H8Cl2N2O2S/c15-7-1-3-10(9(5-7)13(19)20)17-14-18-11-4-2-8(16)6-12(11)21-14/h1-6H,(H,17,18)(H,19,20). The van der Waals surface area contributed by atoms with E-state index in [0.717, 1.165) is 10.2 Å². The van der Waals surface area contributed by atoms with Gasteiger partial charge in [0.1, 0.15) is 0 Å². The Hall–Kier alpha value is -1.82. The van der Waals surface area contributed by atoms with Crippen LogP contribution in [0.4, 0.5) is 10.8 Å². The molecule has 0 bridgehead atoms. The van der Waals surface area contributed by atoms with Crippen LogP contribution in [0, 0.1) is 0 Å². The monoisotopic (exact) mass is 338 g/mol. The Morgan fingerprint density at radius 1 is 1.14 bits per heavy atom. The Morgan fingerprint density at radius 3 is 2.62 bits per heavy atom. The van der Waals surface area contributed by atoms with E-state index in [2.05, 4.69) is 10.3 Å². The molecule has 2 aromatic carbocycles. The SMILES string of the molecule is O=C(O)c1cc(Cl)ccc1Nc1nc2ccc(Cl)cc2s1. The van der Waals surface area contributed by atoms with Gasteiger partial charge in [0.2, 0.25) is 0 Å². The van der Waals surface area contributed by atoms with E-state index in [-0.39, 0.29) is 5.56 Å². The van der Waals surface area contributed by atoms with Crippen LogP contribution in [-0.4, -0.2) is 16.1 Å². The highest BCUT2D eigenvalue weighted by atomic mass is 35.5. The summed E-state index contributed by atoms with van der Waals surface area (Å²) in [7, 11) is 0. The molecule has 0 amide bonds. The van der Waals surface area contributed by atoms with E-state index in [0.29, 0.717) is 20.9 Å². The molecule has 0 aliphatic heterocycles. The second-order valence-corrected chi connectivity index (χ2v) is 6.15. The molecule has 0 spiro atoms. The molecule has 106 valence electrons. The van der Waals surface area contributed by atoms with Crippen molar-refractivity contribution in [3.63, 3.8) is 0 Å². The van der Waals surface area contributed by atoms with Crippen molar-refractivity contribution >= 4 is 61.5 Å². The van der Waals surface area contributed by atoms with Crippen molar-refractivity contribution in [2.75, 3.05) is 5.32 Å². The van der Waals surface area contributed by atoms with Crippen LogP contribution in [0.3, 0.4) is 0 Å². The molecule has 3 rings (SSSR count). The minimum absolute atomic E-state index is 0.0970. The first-order chi connectivity index (χ1) is 10.0. The first-order valence-electron chi connectivity index (χ1n) is 5.89. The molecule has 0 atom stereocenters. The molecule has 0 radical (unpaired) electrons. The summed E-state index contributed by atoms with van der Waals surface area (Å²) in [4.78, 5) is 15.6. The highest BCUT2D eigenvalue weighted by Crippen LogP contribution is 2.31. The number of carbonyl (C=O) groups is 1. The number of hydrogen-bond acceptors (Lipinski definition) is 4. The summed E-state index contributed by atoms with van der Waals surface area (Å²) in [5, 5.41) is 13.8. The Bertz CT molecular complexity index is 848. The third-order valence-electron chi connectivity index (χ3n) is 2.80. The molecule has 1 heterocycles. The van der Waals surface area contributed by atoms with E-state index in [9.17, 15) is 9.90 Å². The van der Waals surface area contributed by atoms with Crippen LogP contribution in [0.5, 0.6) is 0 Å². The maximum absolute atomic E-state index is 11.2. The molecule has 3 aromatic rings. The number of fused-ring (bicyclic) bond motifs is 1. The normalized spacial score (nSPS) is 10.8. The van der Waals surface area contributed by atoms with Gasteiger partial charge in [-0.15, -0.1) is 0 Å². The molecular weight excluding hydrogens is 331 g/mol. The van der Waals surface area contributed by atoms with Gasteiger partial charge in [-0.25, -0.2) is 9.78 Å². The first-order valence-corrected chi connectivity index (χ1v) is 7.46. The number of aromatic carboxylic acids is 1. The van der Waals surface area contributed by atoms with Gasteiger partial charge in [-0.1, -0.05) is 34.5 Å². The van der Waals surface area contributed by atoms with Crippen molar-refractivity contribution in [1.29, 1.82) is 0 Å². The average Bonchev–Trinajstić information content (AvgIpc) is 2.82. The lowest BCUT2D eigenvalue weighted by atomic mass is 10.2. The van der Waals surface area contributed by atoms with E-state index in [1.54, 1.807) is 18.2 Å². The molecule has 0 aliphatic carbocycles. The van der Waals surface area contributed by atoms with Crippen LogP contribution >= 0.6 is 34.5 Å². The maximum Gasteiger partial charge on any atom is 0.337 e. The zero-order valence-electron chi connectivity index (χ0n) is 10.4. The Kier molecular flexibility index (Phi) is 3.71. The number of carboxylic acids is 1. The third kappa shape index (κ3) is 2.95. The molecule has 4 nitrogen and oxygen atoms in total. The number of hydrogen-bond donors (Lipinski definition) is 2. The predicted octanol–water partition coefficient (Wildman–Crippen LogP) is 5.04. The van der Waals surface area contributed by atoms with Gasteiger partial charge in [-0.2, -0.15) is 0 Å². The molecule has 0 fully saturated rings. The summed E-state index contributed by atoms with van der Waals surface area (Å²) in [5.74, 6) is -1.05. The van der Waals surface area contributed by atoms with Gasteiger partial charge in [-0.3, -0.25) is 0 Å². The van der Waals surface area contributed by atoms with E-state index >= 15 is 0 Å². The van der Waals surface area contributed by atoms with Gasteiger partial charge in [0.15, 0.2) is 5.13 Å². The molecular formula is C14H8Cl2N2O2S. The van der Waals surface area contributed by atoms with E-state index in [4.69, 9.17) is 23.2 Å². The second kappa shape index (κ2) is 5.52. The van der Waals surface area contributed by atoms with Gasteiger partial charge in [0.05, 0.1) is 21.5 Å². The van der Waals surface area contributed by atoms with Crippen LogP contribution in [0.25, 0.3) is 10.2 Å². The van der Waals surface area contributed by atoms with Crippen molar-refractivity contribution in [1.82, 2.24) is 4.98 Å². The van der Waals surface area contributed by atoms with Crippen molar-refractivity contribution in [2.45, 2.75) is 0 Å². The quantitative estimate of drug-likeness (QED) is 0.701. The summed E-state index contributed by atoms with van der Waals surface area (Å²) in [6.45, 7) is 0. The summed E-state index contributed by atoms with van der Waals surface area (Å²) in [5.41, 5.74) is 1.34. The fourth-order valence-electron chi connectivity index (χ4n) is 1.87. The third-order valence-corrected chi connectivity index (χ3v) is 4.21.